The summed E-state index contributed by atoms with van der Waals surface area (Å²) in [6.07, 6.45) is 5.05. The van der Waals surface area contributed by atoms with Gasteiger partial charge in [-0.2, -0.15) is 0 Å². The SMILES string of the molecule is CCC1CCCCC1OC(=O)C(CN)OC. The van der Waals surface area contributed by atoms with Gasteiger partial charge in [-0.05, 0) is 31.6 Å². The van der Waals surface area contributed by atoms with Gasteiger partial charge in [-0.1, -0.05) is 13.3 Å². The fourth-order valence-electron chi connectivity index (χ4n) is 2.31. The summed E-state index contributed by atoms with van der Waals surface area (Å²) in [7, 11) is 1.48. The van der Waals surface area contributed by atoms with Crippen molar-refractivity contribution < 1.29 is 14.3 Å². The normalized spacial score (nSPS) is 27.4. The van der Waals surface area contributed by atoms with E-state index in [4.69, 9.17) is 15.2 Å². The Bertz CT molecular complexity index is 216. The van der Waals surface area contributed by atoms with E-state index in [1.807, 2.05) is 0 Å². The van der Waals surface area contributed by atoms with Gasteiger partial charge in [0.05, 0.1) is 0 Å². The number of nitrogens with two attached hydrogens (primary N) is 1. The monoisotopic (exact) mass is 229 g/mol. The minimum atomic E-state index is -0.612. The third-order valence-corrected chi connectivity index (χ3v) is 3.39. The molecular weight excluding hydrogens is 206 g/mol. The molecule has 1 saturated carbocycles. The zero-order valence-electron chi connectivity index (χ0n) is 10.3. The number of rotatable bonds is 5. The summed E-state index contributed by atoms with van der Waals surface area (Å²) in [4.78, 5) is 11.7. The van der Waals surface area contributed by atoms with Gasteiger partial charge in [0.25, 0.3) is 0 Å². The lowest BCUT2D eigenvalue weighted by molar-refractivity contribution is -0.164. The average molecular weight is 229 g/mol. The van der Waals surface area contributed by atoms with Crippen LogP contribution in [0.1, 0.15) is 39.0 Å². The molecule has 0 aromatic rings. The molecule has 16 heavy (non-hydrogen) atoms. The van der Waals surface area contributed by atoms with Crippen molar-refractivity contribution in [3.8, 4) is 0 Å². The van der Waals surface area contributed by atoms with E-state index in [9.17, 15) is 4.79 Å². The fourth-order valence-corrected chi connectivity index (χ4v) is 2.31. The van der Waals surface area contributed by atoms with Gasteiger partial charge in [0.1, 0.15) is 6.10 Å². The maximum Gasteiger partial charge on any atom is 0.336 e. The van der Waals surface area contributed by atoms with Crippen LogP contribution in [0, 0.1) is 5.92 Å². The summed E-state index contributed by atoms with van der Waals surface area (Å²) in [5.74, 6) is 0.198. The highest BCUT2D eigenvalue weighted by atomic mass is 16.6. The van der Waals surface area contributed by atoms with E-state index in [0.717, 1.165) is 25.7 Å². The van der Waals surface area contributed by atoms with Gasteiger partial charge in [-0.25, -0.2) is 4.79 Å². The molecule has 94 valence electrons. The first-order valence-electron chi connectivity index (χ1n) is 6.16. The number of esters is 1. The zero-order chi connectivity index (χ0) is 12.0. The van der Waals surface area contributed by atoms with Gasteiger partial charge in [0.15, 0.2) is 6.10 Å². The molecule has 0 heterocycles. The first kappa shape index (κ1) is 13.5. The highest BCUT2D eigenvalue weighted by Gasteiger charge is 2.29. The molecule has 0 saturated heterocycles. The van der Waals surface area contributed by atoms with Gasteiger partial charge in [0, 0.05) is 13.7 Å². The predicted molar refractivity (Wildman–Crippen MR) is 62.0 cm³/mol. The molecule has 0 aromatic carbocycles. The van der Waals surface area contributed by atoms with Crippen molar-refractivity contribution in [2.24, 2.45) is 11.7 Å². The van der Waals surface area contributed by atoms with E-state index in [1.165, 1.54) is 13.5 Å². The lowest BCUT2D eigenvalue weighted by atomic mass is 9.85. The molecule has 0 bridgehead atoms. The molecule has 0 aliphatic heterocycles. The standard InChI is InChI=1S/C12H23NO3/c1-3-9-6-4-5-7-10(9)16-12(14)11(8-13)15-2/h9-11H,3-8,13H2,1-2H3. The van der Waals surface area contributed by atoms with Gasteiger partial charge < -0.3 is 15.2 Å². The molecule has 4 nitrogen and oxygen atoms in total. The predicted octanol–water partition coefficient (Wildman–Crippen LogP) is 1.47. The smallest absolute Gasteiger partial charge is 0.336 e. The van der Waals surface area contributed by atoms with Gasteiger partial charge in [-0.15, -0.1) is 0 Å². The molecule has 4 heteroatoms. The van der Waals surface area contributed by atoms with Crippen LogP contribution < -0.4 is 5.73 Å². The Morgan fingerprint density at radius 2 is 2.12 bits per heavy atom. The highest BCUT2D eigenvalue weighted by molar-refractivity contribution is 5.75. The van der Waals surface area contributed by atoms with Crippen LogP contribution in [0.15, 0.2) is 0 Å². The van der Waals surface area contributed by atoms with Crippen molar-refractivity contribution in [3.05, 3.63) is 0 Å². The van der Waals surface area contributed by atoms with Crippen LogP contribution in [0.4, 0.5) is 0 Å². The van der Waals surface area contributed by atoms with Crippen molar-refractivity contribution >= 4 is 5.97 Å². The van der Waals surface area contributed by atoms with Crippen LogP contribution in [0.5, 0.6) is 0 Å². The summed E-state index contributed by atoms with van der Waals surface area (Å²) >= 11 is 0. The molecule has 1 rings (SSSR count). The molecule has 0 amide bonds. The van der Waals surface area contributed by atoms with E-state index < -0.39 is 6.10 Å². The summed E-state index contributed by atoms with van der Waals surface area (Å²) < 4.78 is 10.5. The van der Waals surface area contributed by atoms with Gasteiger partial charge in [-0.3, -0.25) is 0 Å². The highest BCUT2D eigenvalue weighted by Crippen LogP contribution is 2.29. The lowest BCUT2D eigenvalue weighted by Gasteiger charge is -2.31. The van der Waals surface area contributed by atoms with Gasteiger partial charge >= 0.3 is 5.97 Å². The Labute approximate surface area is 97.5 Å². The molecule has 0 aromatic heterocycles. The molecule has 1 aliphatic carbocycles. The van der Waals surface area contributed by atoms with Crippen LogP contribution in [-0.4, -0.2) is 31.8 Å². The number of carbonyl (C=O) groups is 1. The van der Waals surface area contributed by atoms with Crippen LogP contribution in [0.3, 0.4) is 0 Å². The molecule has 0 radical (unpaired) electrons. The minimum absolute atomic E-state index is 0.0652. The molecular formula is C12H23NO3. The van der Waals surface area contributed by atoms with E-state index >= 15 is 0 Å². The Morgan fingerprint density at radius 3 is 2.69 bits per heavy atom. The number of hydrogen-bond donors (Lipinski definition) is 1. The van der Waals surface area contributed by atoms with Crippen molar-refractivity contribution in [2.75, 3.05) is 13.7 Å². The average Bonchev–Trinajstić information content (AvgIpc) is 2.31. The maximum atomic E-state index is 11.7. The summed E-state index contributed by atoms with van der Waals surface area (Å²) in [6, 6.07) is 0. The Hall–Kier alpha value is -0.610. The first-order valence-corrected chi connectivity index (χ1v) is 6.16. The van der Waals surface area contributed by atoms with E-state index in [-0.39, 0.29) is 18.6 Å². The van der Waals surface area contributed by atoms with Crippen LogP contribution in [-0.2, 0) is 14.3 Å². The quantitative estimate of drug-likeness (QED) is 0.725. The molecule has 1 aliphatic rings. The maximum absolute atomic E-state index is 11.7. The Morgan fingerprint density at radius 1 is 1.44 bits per heavy atom. The molecule has 1 fully saturated rings. The van der Waals surface area contributed by atoms with E-state index in [0.29, 0.717) is 5.92 Å². The largest absolute Gasteiger partial charge is 0.460 e. The second-order valence-corrected chi connectivity index (χ2v) is 4.39. The van der Waals surface area contributed by atoms with Gasteiger partial charge in [0.2, 0.25) is 0 Å². The van der Waals surface area contributed by atoms with Crippen molar-refractivity contribution in [2.45, 2.75) is 51.2 Å². The second-order valence-electron chi connectivity index (χ2n) is 4.39. The number of hydrogen-bond acceptors (Lipinski definition) is 4. The third-order valence-electron chi connectivity index (χ3n) is 3.39. The Balaban J connectivity index is 2.47. The second kappa shape index (κ2) is 6.86. The minimum Gasteiger partial charge on any atom is -0.460 e. The topological polar surface area (TPSA) is 61.5 Å². The molecule has 2 N–H and O–H groups in total. The molecule has 3 unspecified atom stereocenters. The third kappa shape index (κ3) is 3.46. The van der Waals surface area contributed by atoms with E-state index in [2.05, 4.69) is 6.92 Å². The van der Waals surface area contributed by atoms with Crippen molar-refractivity contribution in [3.63, 3.8) is 0 Å². The zero-order valence-corrected chi connectivity index (χ0v) is 10.3. The fraction of sp³-hybridized carbons (Fsp3) is 0.917. The summed E-state index contributed by atoms with van der Waals surface area (Å²) in [5, 5.41) is 0. The van der Waals surface area contributed by atoms with Crippen LogP contribution in [0.25, 0.3) is 0 Å². The molecule has 3 atom stereocenters. The van der Waals surface area contributed by atoms with Crippen LogP contribution >= 0.6 is 0 Å². The summed E-state index contributed by atoms with van der Waals surface area (Å²) in [6.45, 7) is 2.33. The summed E-state index contributed by atoms with van der Waals surface area (Å²) in [5.41, 5.74) is 5.43. The van der Waals surface area contributed by atoms with Crippen LogP contribution in [0.2, 0.25) is 0 Å². The van der Waals surface area contributed by atoms with Crippen molar-refractivity contribution in [1.29, 1.82) is 0 Å². The van der Waals surface area contributed by atoms with E-state index in [1.54, 1.807) is 0 Å². The molecule has 0 spiro atoms. The lowest BCUT2D eigenvalue weighted by Crippen LogP contribution is -2.38. The first-order chi connectivity index (χ1) is 7.72. The van der Waals surface area contributed by atoms with Crippen molar-refractivity contribution in [1.82, 2.24) is 0 Å². The Kier molecular flexibility index (Phi) is 5.77. The number of methoxy groups -OCH3 is 1. The number of carbonyl (C=O) groups excluding carboxylic acids is 1. The number of ether oxygens (including phenoxy) is 2.